The van der Waals surface area contributed by atoms with E-state index < -0.39 is 0 Å². The maximum Gasteiger partial charge on any atom is 0.137 e. The fourth-order valence-corrected chi connectivity index (χ4v) is 2.48. The van der Waals surface area contributed by atoms with Gasteiger partial charge in [0, 0.05) is 31.1 Å². The predicted octanol–water partition coefficient (Wildman–Crippen LogP) is 2.91. The maximum atomic E-state index is 11.3. The summed E-state index contributed by atoms with van der Waals surface area (Å²) in [4.78, 5) is 13.6. The van der Waals surface area contributed by atoms with Gasteiger partial charge in [0.1, 0.15) is 11.5 Å². The number of piperidine rings is 1. The zero-order valence-electron chi connectivity index (χ0n) is 10.1. The molecule has 3 nitrogen and oxygen atoms in total. The lowest BCUT2D eigenvalue weighted by atomic mass is 10.0. The Bertz CT molecular complexity index is 433. The first-order valence-corrected chi connectivity index (χ1v) is 6.11. The number of hydrogen-bond donors (Lipinski definition) is 0. The van der Waals surface area contributed by atoms with E-state index in [-0.39, 0.29) is 6.04 Å². The molecule has 1 aromatic carbocycles. The van der Waals surface area contributed by atoms with Gasteiger partial charge < -0.3 is 9.64 Å². The number of Topliss-reactive ketones (excluding diaryl/α,β-unsaturated/α-hetero) is 1. The summed E-state index contributed by atoms with van der Waals surface area (Å²) in [5, 5.41) is 0.606. The second-order valence-corrected chi connectivity index (χ2v) is 4.76. The number of anilines is 1. The van der Waals surface area contributed by atoms with Crippen LogP contribution in [-0.4, -0.2) is 25.5 Å². The number of hydrogen-bond acceptors (Lipinski definition) is 3. The van der Waals surface area contributed by atoms with Crippen LogP contribution in [0, 0.1) is 0 Å². The molecule has 1 unspecified atom stereocenters. The molecule has 1 saturated heterocycles. The minimum absolute atomic E-state index is 0.237. The molecule has 4 heteroatoms. The first-order valence-electron chi connectivity index (χ1n) is 5.73. The SMILES string of the molecule is COc1ccc(N2CCC(=O)CC2C)cc1Cl. The highest BCUT2D eigenvalue weighted by Crippen LogP contribution is 2.31. The Morgan fingerprint density at radius 1 is 1.47 bits per heavy atom. The molecule has 1 aromatic rings. The van der Waals surface area contributed by atoms with E-state index in [4.69, 9.17) is 16.3 Å². The Morgan fingerprint density at radius 3 is 2.82 bits per heavy atom. The quantitative estimate of drug-likeness (QED) is 0.812. The van der Waals surface area contributed by atoms with Crippen molar-refractivity contribution in [1.82, 2.24) is 0 Å². The Balaban J connectivity index is 2.22. The zero-order chi connectivity index (χ0) is 12.4. The molecular formula is C13H16ClNO2. The maximum absolute atomic E-state index is 11.3. The van der Waals surface area contributed by atoms with Gasteiger partial charge in [0.25, 0.3) is 0 Å². The van der Waals surface area contributed by atoms with Gasteiger partial charge in [0.2, 0.25) is 0 Å². The third kappa shape index (κ3) is 2.55. The minimum Gasteiger partial charge on any atom is -0.495 e. The fourth-order valence-electron chi connectivity index (χ4n) is 2.22. The van der Waals surface area contributed by atoms with E-state index >= 15 is 0 Å². The van der Waals surface area contributed by atoms with E-state index in [1.807, 2.05) is 18.2 Å². The number of halogens is 1. The lowest BCUT2D eigenvalue weighted by molar-refractivity contribution is -0.120. The van der Waals surface area contributed by atoms with Crippen molar-refractivity contribution in [2.24, 2.45) is 0 Å². The Hall–Kier alpha value is -1.22. The van der Waals surface area contributed by atoms with Gasteiger partial charge in [-0.25, -0.2) is 0 Å². The fraction of sp³-hybridized carbons (Fsp3) is 0.462. The number of methoxy groups -OCH3 is 1. The number of carbonyl (C=O) groups excluding carboxylic acids is 1. The molecule has 1 aliphatic rings. The van der Waals surface area contributed by atoms with Crippen LogP contribution in [0.25, 0.3) is 0 Å². The summed E-state index contributed by atoms with van der Waals surface area (Å²) >= 11 is 6.11. The third-order valence-electron chi connectivity index (χ3n) is 3.15. The minimum atomic E-state index is 0.237. The van der Waals surface area contributed by atoms with Crippen molar-refractivity contribution in [2.45, 2.75) is 25.8 Å². The molecule has 0 aromatic heterocycles. The van der Waals surface area contributed by atoms with Gasteiger partial charge in [-0.05, 0) is 25.1 Å². The molecule has 1 heterocycles. The molecular weight excluding hydrogens is 238 g/mol. The lowest BCUT2D eigenvalue weighted by Gasteiger charge is -2.34. The molecule has 0 amide bonds. The first kappa shape index (κ1) is 12.2. The number of rotatable bonds is 2. The van der Waals surface area contributed by atoms with Crippen molar-refractivity contribution < 1.29 is 9.53 Å². The highest BCUT2D eigenvalue weighted by atomic mass is 35.5. The smallest absolute Gasteiger partial charge is 0.137 e. The van der Waals surface area contributed by atoms with Gasteiger partial charge >= 0.3 is 0 Å². The predicted molar refractivity (Wildman–Crippen MR) is 69.1 cm³/mol. The Kier molecular flexibility index (Phi) is 3.57. The van der Waals surface area contributed by atoms with Gasteiger partial charge in [0.15, 0.2) is 0 Å². The molecule has 0 radical (unpaired) electrons. The van der Waals surface area contributed by atoms with E-state index in [2.05, 4.69) is 11.8 Å². The zero-order valence-corrected chi connectivity index (χ0v) is 10.8. The second kappa shape index (κ2) is 4.96. The average Bonchev–Trinajstić information content (AvgIpc) is 2.29. The summed E-state index contributed by atoms with van der Waals surface area (Å²) in [5.74, 6) is 1.02. The van der Waals surface area contributed by atoms with Crippen molar-refractivity contribution in [2.75, 3.05) is 18.6 Å². The van der Waals surface area contributed by atoms with Gasteiger partial charge in [-0.1, -0.05) is 11.6 Å². The molecule has 0 aliphatic carbocycles. The highest BCUT2D eigenvalue weighted by Gasteiger charge is 2.23. The van der Waals surface area contributed by atoms with Gasteiger partial charge in [-0.2, -0.15) is 0 Å². The van der Waals surface area contributed by atoms with Crippen LogP contribution in [0.1, 0.15) is 19.8 Å². The average molecular weight is 254 g/mol. The summed E-state index contributed by atoms with van der Waals surface area (Å²) in [6.45, 7) is 2.83. The lowest BCUT2D eigenvalue weighted by Crippen LogP contribution is -2.41. The van der Waals surface area contributed by atoms with Crippen LogP contribution in [0.15, 0.2) is 18.2 Å². The summed E-state index contributed by atoms with van der Waals surface area (Å²) in [5.41, 5.74) is 1.05. The van der Waals surface area contributed by atoms with Crippen LogP contribution in [0.4, 0.5) is 5.69 Å². The Labute approximate surface area is 106 Å². The van der Waals surface area contributed by atoms with Crippen LogP contribution in [-0.2, 0) is 4.79 Å². The van der Waals surface area contributed by atoms with Crippen molar-refractivity contribution in [3.63, 3.8) is 0 Å². The summed E-state index contributed by atoms with van der Waals surface area (Å²) in [6.07, 6.45) is 1.23. The van der Waals surface area contributed by atoms with Crippen LogP contribution in [0.3, 0.4) is 0 Å². The first-order chi connectivity index (χ1) is 8.11. The molecule has 0 spiro atoms. The molecule has 1 fully saturated rings. The number of carbonyl (C=O) groups is 1. The van der Waals surface area contributed by atoms with E-state index in [1.165, 1.54) is 0 Å². The topological polar surface area (TPSA) is 29.5 Å². The second-order valence-electron chi connectivity index (χ2n) is 4.35. The number of ketones is 1. The molecule has 1 atom stereocenters. The summed E-state index contributed by atoms with van der Waals surface area (Å²) in [6, 6.07) is 5.98. The van der Waals surface area contributed by atoms with E-state index in [0.717, 1.165) is 12.2 Å². The molecule has 2 rings (SSSR count). The monoisotopic (exact) mass is 253 g/mol. The standard InChI is InChI=1S/C13H16ClNO2/c1-9-7-11(16)5-6-15(9)10-3-4-13(17-2)12(14)8-10/h3-4,8-9H,5-7H2,1-2H3. The Morgan fingerprint density at radius 2 is 2.24 bits per heavy atom. The number of benzene rings is 1. The van der Waals surface area contributed by atoms with Gasteiger partial charge in [-0.3, -0.25) is 4.79 Å². The molecule has 92 valence electrons. The highest BCUT2D eigenvalue weighted by molar-refractivity contribution is 6.32. The summed E-state index contributed by atoms with van der Waals surface area (Å²) < 4.78 is 5.13. The van der Waals surface area contributed by atoms with Gasteiger partial charge in [-0.15, -0.1) is 0 Å². The van der Waals surface area contributed by atoms with Crippen molar-refractivity contribution in [3.8, 4) is 5.75 Å². The van der Waals surface area contributed by atoms with E-state index in [9.17, 15) is 4.79 Å². The normalized spacial score (nSPS) is 20.5. The summed E-state index contributed by atoms with van der Waals surface area (Å²) in [7, 11) is 1.60. The van der Waals surface area contributed by atoms with Crippen molar-refractivity contribution >= 4 is 23.1 Å². The van der Waals surface area contributed by atoms with Crippen molar-refractivity contribution in [3.05, 3.63) is 23.2 Å². The van der Waals surface area contributed by atoms with E-state index in [1.54, 1.807) is 7.11 Å². The molecule has 0 N–H and O–H groups in total. The van der Waals surface area contributed by atoms with Crippen LogP contribution >= 0.6 is 11.6 Å². The number of ether oxygens (including phenoxy) is 1. The van der Waals surface area contributed by atoms with Crippen LogP contribution in [0.2, 0.25) is 5.02 Å². The molecule has 17 heavy (non-hydrogen) atoms. The van der Waals surface area contributed by atoms with E-state index in [0.29, 0.717) is 29.4 Å². The molecule has 1 aliphatic heterocycles. The largest absolute Gasteiger partial charge is 0.495 e. The third-order valence-corrected chi connectivity index (χ3v) is 3.45. The van der Waals surface area contributed by atoms with Gasteiger partial charge in [0.05, 0.1) is 12.1 Å². The molecule has 0 bridgehead atoms. The molecule has 0 saturated carbocycles. The van der Waals surface area contributed by atoms with Crippen LogP contribution in [0.5, 0.6) is 5.75 Å². The van der Waals surface area contributed by atoms with Crippen molar-refractivity contribution in [1.29, 1.82) is 0 Å². The van der Waals surface area contributed by atoms with Crippen LogP contribution < -0.4 is 9.64 Å². The number of nitrogens with zero attached hydrogens (tertiary/aromatic N) is 1.